The van der Waals surface area contributed by atoms with Gasteiger partial charge in [-0.15, -0.1) is 11.8 Å². The van der Waals surface area contributed by atoms with Crippen LogP contribution in [-0.4, -0.2) is 6.26 Å². The van der Waals surface area contributed by atoms with Crippen molar-refractivity contribution in [2.75, 3.05) is 6.26 Å². The minimum Gasteiger partial charge on any atom is -0.460 e. The smallest absolute Gasteiger partial charge is 0.140 e. The third kappa shape index (κ3) is 2.19. The van der Waals surface area contributed by atoms with Crippen LogP contribution in [0.15, 0.2) is 22.0 Å². The fourth-order valence-electron chi connectivity index (χ4n) is 1.06. The molecule has 0 aromatic carbocycles. The molecule has 0 atom stereocenters. The van der Waals surface area contributed by atoms with Gasteiger partial charge < -0.3 is 4.42 Å². The van der Waals surface area contributed by atoms with Crippen LogP contribution in [0.25, 0.3) is 6.08 Å². The van der Waals surface area contributed by atoms with Gasteiger partial charge in [0.15, 0.2) is 0 Å². The van der Waals surface area contributed by atoms with Crippen molar-refractivity contribution in [1.82, 2.24) is 0 Å². The first-order valence-electron chi connectivity index (χ1n) is 4.29. The highest BCUT2D eigenvalue weighted by Crippen LogP contribution is 2.32. The van der Waals surface area contributed by atoms with E-state index in [1.54, 1.807) is 17.8 Å². The van der Waals surface area contributed by atoms with Crippen LogP contribution in [0.1, 0.15) is 32.3 Å². The molecule has 1 aromatic heterocycles. The molecule has 13 heavy (non-hydrogen) atoms. The number of hydrogen-bond donors (Lipinski definition) is 0. The summed E-state index contributed by atoms with van der Waals surface area (Å²) in [6.07, 6.45) is 3.81. The van der Waals surface area contributed by atoms with Gasteiger partial charge in [-0.1, -0.05) is 27.4 Å². The Morgan fingerprint density at radius 2 is 2.08 bits per heavy atom. The Morgan fingerprint density at radius 1 is 1.46 bits per heavy atom. The Kier molecular flexibility index (Phi) is 2.91. The molecule has 0 N–H and O–H groups in total. The molecule has 1 heterocycles. The van der Waals surface area contributed by atoms with Crippen molar-refractivity contribution in [3.8, 4) is 0 Å². The number of rotatable bonds is 2. The fraction of sp³-hybridized carbons (Fsp3) is 0.455. The zero-order chi connectivity index (χ0) is 10.1. The summed E-state index contributed by atoms with van der Waals surface area (Å²) in [5, 5.41) is 0. The van der Waals surface area contributed by atoms with Gasteiger partial charge in [-0.25, -0.2) is 0 Å². The monoisotopic (exact) mass is 196 g/mol. The van der Waals surface area contributed by atoms with Crippen molar-refractivity contribution in [3.63, 3.8) is 0 Å². The van der Waals surface area contributed by atoms with Crippen molar-refractivity contribution in [2.45, 2.75) is 31.1 Å². The van der Waals surface area contributed by atoms with E-state index in [2.05, 4.69) is 33.4 Å². The van der Waals surface area contributed by atoms with Crippen LogP contribution in [0.5, 0.6) is 0 Å². The van der Waals surface area contributed by atoms with E-state index in [-0.39, 0.29) is 5.41 Å². The van der Waals surface area contributed by atoms with E-state index in [0.717, 1.165) is 11.5 Å². The van der Waals surface area contributed by atoms with E-state index in [4.69, 9.17) is 4.42 Å². The first kappa shape index (κ1) is 10.5. The molecule has 0 aliphatic rings. The third-order valence-corrected chi connectivity index (χ3v) is 2.63. The zero-order valence-corrected chi connectivity index (χ0v) is 9.49. The molecule has 0 spiro atoms. The van der Waals surface area contributed by atoms with E-state index >= 15 is 0 Å². The normalized spacial score (nSPS) is 11.7. The van der Waals surface area contributed by atoms with Gasteiger partial charge in [0.2, 0.25) is 0 Å². The molecule has 0 saturated carbocycles. The van der Waals surface area contributed by atoms with Gasteiger partial charge in [0, 0.05) is 5.41 Å². The lowest BCUT2D eigenvalue weighted by atomic mass is 9.94. The van der Waals surface area contributed by atoms with E-state index in [1.165, 1.54) is 4.90 Å². The zero-order valence-electron chi connectivity index (χ0n) is 8.68. The Bertz CT molecular complexity index is 304. The summed E-state index contributed by atoms with van der Waals surface area (Å²) in [4.78, 5) is 1.17. The SMILES string of the molecule is C=Cc1oc(C(C)(C)C)cc1SC. The molecule has 1 aromatic rings. The molecular weight excluding hydrogens is 180 g/mol. The summed E-state index contributed by atoms with van der Waals surface area (Å²) in [7, 11) is 0. The van der Waals surface area contributed by atoms with Crippen molar-refractivity contribution in [3.05, 3.63) is 24.2 Å². The van der Waals surface area contributed by atoms with Gasteiger partial charge in [-0.3, -0.25) is 0 Å². The molecule has 1 nitrogen and oxygen atoms in total. The molecule has 0 fully saturated rings. The molecule has 2 heteroatoms. The fourth-order valence-corrected chi connectivity index (χ4v) is 1.61. The topological polar surface area (TPSA) is 13.1 Å². The van der Waals surface area contributed by atoms with Crippen molar-refractivity contribution >= 4 is 17.8 Å². The highest BCUT2D eigenvalue weighted by atomic mass is 32.2. The second kappa shape index (κ2) is 3.62. The van der Waals surface area contributed by atoms with E-state index in [9.17, 15) is 0 Å². The molecule has 0 saturated heterocycles. The largest absolute Gasteiger partial charge is 0.460 e. The number of thioether (sulfide) groups is 1. The lowest BCUT2D eigenvalue weighted by Crippen LogP contribution is -2.09. The van der Waals surface area contributed by atoms with Crippen LogP contribution in [0, 0.1) is 0 Å². The summed E-state index contributed by atoms with van der Waals surface area (Å²) >= 11 is 1.69. The molecule has 1 rings (SSSR count). The van der Waals surface area contributed by atoms with Crippen LogP contribution in [-0.2, 0) is 5.41 Å². The predicted octanol–water partition coefficient (Wildman–Crippen LogP) is 3.94. The Morgan fingerprint density at radius 3 is 2.38 bits per heavy atom. The number of furan rings is 1. The molecule has 0 unspecified atom stereocenters. The first-order valence-corrected chi connectivity index (χ1v) is 5.52. The highest BCUT2D eigenvalue weighted by molar-refractivity contribution is 7.98. The molecule has 0 aliphatic heterocycles. The van der Waals surface area contributed by atoms with E-state index in [0.29, 0.717) is 0 Å². The van der Waals surface area contributed by atoms with Crippen LogP contribution in [0.3, 0.4) is 0 Å². The van der Waals surface area contributed by atoms with Crippen LogP contribution < -0.4 is 0 Å². The highest BCUT2D eigenvalue weighted by Gasteiger charge is 2.20. The Balaban J connectivity index is 3.14. The van der Waals surface area contributed by atoms with Crippen LogP contribution in [0.2, 0.25) is 0 Å². The maximum absolute atomic E-state index is 5.68. The molecular formula is C11H16OS. The molecule has 0 bridgehead atoms. The van der Waals surface area contributed by atoms with Gasteiger partial charge in [-0.05, 0) is 18.4 Å². The molecule has 72 valence electrons. The number of hydrogen-bond acceptors (Lipinski definition) is 2. The van der Waals surface area contributed by atoms with Crippen molar-refractivity contribution in [2.24, 2.45) is 0 Å². The lowest BCUT2D eigenvalue weighted by molar-refractivity contribution is 0.404. The lowest BCUT2D eigenvalue weighted by Gasteiger charge is -2.13. The average Bonchev–Trinajstić information content (AvgIpc) is 2.45. The van der Waals surface area contributed by atoms with Gasteiger partial charge in [-0.2, -0.15) is 0 Å². The maximum atomic E-state index is 5.68. The van der Waals surface area contributed by atoms with Crippen LogP contribution in [0.4, 0.5) is 0 Å². The standard InChI is InChI=1S/C11H16OS/c1-6-8-9(13-5)7-10(12-8)11(2,3)4/h6-7H,1H2,2-5H3. The van der Waals surface area contributed by atoms with Crippen LogP contribution >= 0.6 is 11.8 Å². The first-order chi connectivity index (χ1) is 5.99. The van der Waals surface area contributed by atoms with Gasteiger partial charge >= 0.3 is 0 Å². The predicted molar refractivity (Wildman–Crippen MR) is 59.3 cm³/mol. The quantitative estimate of drug-likeness (QED) is 0.664. The Hall–Kier alpha value is -0.630. The second-order valence-electron chi connectivity index (χ2n) is 4.00. The van der Waals surface area contributed by atoms with Gasteiger partial charge in [0.05, 0.1) is 4.90 Å². The summed E-state index contributed by atoms with van der Waals surface area (Å²) < 4.78 is 5.68. The second-order valence-corrected chi connectivity index (χ2v) is 4.85. The summed E-state index contributed by atoms with van der Waals surface area (Å²) in [5.41, 5.74) is 0.0751. The van der Waals surface area contributed by atoms with Gasteiger partial charge in [0.25, 0.3) is 0 Å². The van der Waals surface area contributed by atoms with Gasteiger partial charge in [0.1, 0.15) is 11.5 Å². The summed E-state index contributed by atoms with van der Waals surface area (Å²) in [6, 6.07) is 2.10. The minimum absolute atomic E-state index is 0.0751. The maximum Gasteiger partial charge on any atom is 0.140 e. The Labute approximate surface area is 84.2 Å². The molecule has 0 radical (unpaired) electrons. The molecule has 0 amide bonds. The minimum atomic E-state index is 0.0751. The molecule has 0 aliphatic carbocycles. The van der Waals surface area contributed by atoms with E-state index in [1.807, 2.05) is 6.26 Å². The van der Waals surface area contributed by atoms with Crippen molar-refractivity contribution in [1.29, 1.82) is 0 Å². The van der Waals surface area contributed by atoms with E-state index < -0.39 is 0 Å². The third-order valence-electron chi connectivity index (χ3n) is 1.87. The average molecular weight is 196 g/mol. The van der Waals surface area contributed by atoms with Crippen molar-refractivity contribution < 1.29 is 4.42 Å². The summed E-state index contributed by atoms with van der Waals surface area (Å²) in [5.74, 6) is 1.91. The summed E-state index contributed by atoms with van der Waals surface area (Å²) in [6.45, 7) is 10.2.